The van der Waals surface area contributed by atoms with Gasteiger partial charge in [0, 0.05) is 13.1 Å². The van der Waals surface area contributed by atoms with Crippen molar-refractivity contribution in [2.45, 2.75) is 31.8 Å². The lowest BCUT2D eigenvalue weighted by molar-refractivity contribution is 0.0445. The van der Waals surface area contributed by atoms with E-state index in [2.05, 4.69) is 4.90 Å². The fourth-order valence-corrected chi connectivity index (χ4v) is 1.66. The maximum absolute atomic E-state index is 12.0. The summed E-state index contributed by atoms with van der Waals surface area (Å²) >= 11 is 0. The van der Waals surface area contributed by atoms with Gasteiger partial charge >= 0.3 is 0 Å². The minimum Gasteiger partial charge on any atom is -0.390 e. The first-order valence-electron chi connectivity index (χ1n) is 4.65. The van der Waals surface area contributed by atoms with Crippen molar-refractivity contribution in [1.29, 1.82) is 0 Å². The molecule has 0 saturated carbocycles. The SMILES string of the molecule is CC1(O)CCCN(CCF)CC1. The zero-order valence-corrected chi connectivity index (χ0v) is 7.72. The summed E-state index contributed by atoms with van der Waals surface area (Å²) in [5.74, 6) is 0. The van der Waals surface area contributed by atoms with E-state index >= 15 is 0 Å². The highest BCUT2D eigenvalue weighted by Gasteiger charge is 2.24. The summed E-state index contributed by atoms with van der Waals surface area (Å²) in [5, 5.41) is 9.72. The first-order valence-corrected chi connectivity index (χ1v) is 4.65. The van der Waals surface area contributed by atoms with E-state index in [-0.39, 0.29) is 6.67 Å². The molecule has 0 spiro atoms. The Morgan fingerprint density at radius 2 is 2.17 bits per heavy atom. The standard InChI is InChI=1S/C9H18FNO/c1-9(12)3-2-6-11(7-4-9)8-5-10/h12H,2-8H2,1H3. The first kappa shape index (κ1) is 9.93. The Morgan fingerprint density at radius 1 is 1.42 bits per heavy atom. The fraction of sp³-hybridized carbons (Fsp3) is 1.00. The van der Waals surface area contributed by atoms with E-state index in [0.29, 0.717) is 6.54 Å². The van der Waals surface area contributed by atoms with Crippen molar-refractivity contribution in [1.82, 2.24) is 4.90 Å². The van der Waals surface area contributed by atoms with E-state index in [9.17, 15) is 9.50 Å². The lowest BCUT2D eigenvalue weighted by Crippen LogP contribution is -2.29. The van der Waals surface area contributed by atoms with Gasteiger partial charge in [-0.25, -0.2) is 4.39 Å². The summed E-state index contributed by atoms with van der Waals surface area (Å²) in [6, 6.07) is 0. The molecular formula is C9H18FNO. The number of hydrogen-bond donors (Lipinski definition) is 1. The molecule has 1 heterocycles. The molecule has 3 heteroatoms. The van der Waals surface area contributed by atoms with Crippen molar-refractivity contribution >= 4 is 0 Å². The molecule has 1 rings (SSSR count). The van der Waals surface area contributed by atoms with Crippen LogP contribution in [0.2, 0.25) is 0 Å². The highest BCUT2D eigenvalue weighted by molar-refractivity contribution is 4.78. The van der Waals surface area contributed by atoms with Crippen LogP contribution < -0.4 is 0 Å². The monoisotopic (exact) mass is 175 g/mol. The van der Waals surface area contributed by atoms with Gasteiger partial charge < -0.3 is 10.0 Å². The number of rotatable bonds is 2. The van der Waals surface area contributed by atoms with E-state index in [4.69, 9.17) is 0 Å². The highest BCUT2D eigenvalue weighted by atomic mass is 19.1. The van der Waals surface area contributed by atoms with E-state index in [1.165, 1.54) is 0 Å². The van der Waals surface area contributed by atoms with Gasteiger partial charge in [-0.2, -0.15) is 0 Å². The lowest BCUT2D eigenvalue weighted by atomic mass is 9.98. The molecule has 1 atom stereocenters. The summed E-state index contributed by atoms with van der Waals surface area (Å²) in [4.78, 5) is 2.08. The average Bonchev–Trinajstić information content (AvgIpc) is 2.14. The van der Waals surface area contributed by atoms with Crippen molar-refractivity contribution in [2.75, 3.05) is 26.3 Å². The zero-order chi connectivity index (χ0) is 9.03. The molecule has 0 aromatic carbocycles. The van der Waals surface area contributed by atoms with Crippen molar-refractivity contribution in [3.05, 3.63) is 0 Å². The molecule has 1 aliphatic heterocycles. The molecule has 1 aliphatic rings. The molecule has 2 nitrogen and oxygen atoms in total. The lowest BCUT2D eigenvalue weighted by Gasteiger charge is -2.21. The summed E-state index contributed by atoms with van der Waals surface area (Å²) in [6.45, 7) is 3.88. The van der Waals surface area contributed by atoms with E-state index in [0.717, 1.165) is 32.4 Å². The molecule has 72 valence electrons. The Balaban J connectivity index is 2.34. The van der Waals surface area contributed by atoms with Gasteiger partial charge in [-0.15, -0.1) is 0 Å². The van der Waals surface area contributed by atoms with Gasteiger partial charge in [0.25, 0.3) is 0 Å². The Hall–Kier alpha value is -0.150. The smallest absolute Gasteiger partial charge is 0.102 e. The van der Waals surface area contributed by atoms with Crippen molar-refractivity contribution in [3.63, 3.8) is 0 Å². The molecule has 1 saturated heterocycles. The zero-order valence-electron chi connectivity index (χ0n) is 7.72. The van der Waals surface area contributed by atoms with Crippen LogP contribution >= 0.6 is 0 Å². The predicted octanol–water partition coefficient (Wildman–Crippen LogP) is 1.19. The van der Waals surface area contributed by atoms with Crippen LogP contribution in [0.1, 0.15) is 26.2 Å². The molecular weight excluding hydrogens is 157 g/mol. The summed E-state index contributed by atoms with van der Waals surface area (Å²) in [6.07, 6.45) is 2.59. The highest BCUT2D eigenvalue weighted by Crippen LogP contribution is 2.20. The largest absolute Gasteiger partial charge is 0.390 e. The maximum atomic E-state index is 12.0. The Labute approximate surface area is 73.4 Å². The van der Waals surface area contributed by atoms with Crippen LogP contribution in [-0.2, 0) is 0 Å². The molecule has 1 fully saturated rings. The number of aliphatic hydroxyl groups is 1. The van der Waals surface area contributed by atoms with Gasteiger partial charge in [-0.05, 0) is 32.7 Å². The van der Waals surface area contributed by atoms with Crippen LogP contribution in [0.15, 0.2) is 0 Å². The molecule has 0 amide bonds. The van der Waals surface area contributed by atoms with Gasteiger partial charge in [0.2, 0.25) is 0 Å². The Bertz CT molecular complexity index is 138. The van der Waals surface area contributed by atoms with E-state index in [1.54, 1.807) is 0 Å². The van der Waals surface area contributed by atoms with Gasteiger partial charge in [0.1, 0.15) is 6.67 Å². The van der Waals surface area contributed by atoms with Crippen LogP contribution in [0.3, 0.4) is 0 Å². The van der Waals surface area contributed by atoms with E-state index < -0.39 is 5.60 Å². The second kappa shape index (κ2) is 4.19. The fourth-order valence-electron chi connectivity index (χ4n) is 1.66. The summed E-state index contributed by atoms with van der Waals surface area (Å²) in [7, 11) is 0. The van der Waals surface area contributed by atoms with Crippen LogP contribution in [0.5, 0.6) is 0 Å². The minimum atomic E-state index is -0.523. The Morgan fingerprint density at radius 3 is 2.83 bits per heavy atom. The average molecular weight is 175 g/mol. The third-order valence-electron chi connectivity index (χ3n) is 2.56. The molecule has 1 unspecified atom stereocenters. The van der Waals surface area contributed by atoms with Gasteiger partial charge in [-0.1, -0.05) is 0 Å². The van der Waals surface area contributed by atoms with Crippen molar-refractivity contribution < 1.29 is 9.50 Å². The second-order valence-corrected chi connectivity index (χ2v) is 3.88. The van der Waals surface area contributed by atoms with Crippen molar-refractivity contribution in [3.8, 4) is 0 Å². The number of alkyl halides is 1. The quantitative estimate of drug-likeness (QED) is 0.681. The molecule has 0 bridgehead atoms. The van der Waals surface area contributed by atoms with Crippen LogP contribution in [-0.4, -0.2) is 41.9 Å². The first-order chi connectivity index (χ1) is 5.64. The second-order valence-electron chi connectivity index (χ2n) is 3.88. The third kappa shape index (κ3) is 3.07. The van der Waals surface area contributed by atoms with Crippen LogP contribution in [0, 0.1) is 0 Å². The van der Waals surface area contributed by atoms with Crippen molar-refractivity contribution in [2.24, 2.45) is 0 Å². The molecule has 0 aromatic heterocycles. The number of likely N-dealkylation sites (tertiary alicyclic amines) is 1. The number of nitrogens with zero attached hydrogens (tertiary/aromatic N) is 1. The van der Waals surface area contributed by atoms with E-state index in [1.807, 2.05) is 6.92 Å². The summed E-state index contributed by atoms with van der Waals surface area (Å²) in [5.41, 5.74) is -0.523. The van der Waals surface area contributed by atoms with Crippen LogP contribution in [0.4, 0.5) is 4.39 Å². The van der Waals surface area contributed by atoms with Gasteiger partial charge in [0.15, 0.2) is 0 Å². The maximum Gasteiger partial charge on any atom is 0.102 e. The summed E-state index contributed by atoms with van der Waals surface area (Å²) < 4.78 is 12.0. The third-order valence-corrected chi connectivity index (χ3v) is 2.56. The van der Waals surface area contributed by atoms with Gasteiger partial charge in [0.05, 0.1) is 5.60 Å². The molecule has 0 aliphatic carbocycles. The van der Waals surface area contributed by atoms with Crippen LogP contribution in [0.25, 0.3) is 0 Å². The molecule has 1 N–H and O–H groups in total. The topological polar surface area (TPSA) is 23.5 Å². The predicted molar refractivity (Wildman–Crippen MR) is 46.9 cm³/mol. The molecule has 12 heavy (non-hydrogen) atoms. The molecule has 0 radical (unpaired) electrons. The normalized spacial score (nSPS) is 33.2. The van der Waals surface area contributed by atoms with Gasteiger partial charge in [-0.3, -0.25) is 0 Å². The Kier molecular flexibility index (Phi) is 3.47. The molecule has 0 aromatic rings. The number of hydrogen-bond acceptors (Lipinski definition) is 2. The minimum absolute atomic E-state index is 0.276. The number of halogens is 1.